The van der Waals surface area contributed by atoms with E-state index < -0.39 is 0 Å². The van der Waals surface area contributed by atoms with E-state index in [0.717, 1.165) is 19.2 Å². The number of ether oxygens (including phenoxy) is 1. The van der Waals surface area contributed by atoms with E-state index in [1.54, 1.807) is 0 Å². The van der Waals surface area contributed by atoms with Crippen molar-refractivity contribution in [1.29, 1.82) is 0 Å². The highest BCUT2D eigenvalue weighted by molar-refractivity contribution is 5.02. The highest BCUT2D eigenvalue weighted by atomic mass is 16.5. The second-order valence-electron chi connectivity index (χ2n) is 9.48. The minimum Gasteiger partial charge on any atom is -0.372 e. The van der Waals surface area contributed by atoms with Crippen molar-refractivity contribution in [3.63, 3.8) is 0 Å². The molecule has 0 bridgehead atoms. The molecule has 2 spiro atoms. The van der Waals surface area contributed by atoms with Crippen LogP contribution in [0.5, 0.6) is 0 Å². The average Bonchev–Trinajstić information content (AvgIpc) is 3.29. The molecule has 1 saturated carbocycles. The largest absolute Gasteiger partial charge is 0.372 e. The molecule has 1 atom stereocenters. The number of piperidine rings is 1. The first-order valence-electron chi connectivity index (χ1n) is 10.3. The normalized spacial score (nSPS) is 31.5. The molecule has 0 amide bonds. The Morgan fingerprint density at radius 3 is 2.21 bits per heavy atom. The van der Waals surface area contributed by atoms with Gasteiger partial charge in [0.15, 0.2) is 0 Å². The molecular formula is C20H37N3O. The van der Waals surface area contributed by atoms with Crippen molar-refractivity contribution in [3.8, 4) is 0 Å². The van der Waals surface area contributed by atoms with Crippen molar-refractivity contribution in [2.24, 2.45) is 5.41 Å². The second-order valence-corrected chi connectivity index (χ2v) is 9.48. The van der Waals surface area contributed by atoms with E-state index in [-0.39, 0.29) is 5.60 Å². The van der Waals surface area contributed by atoms with Crippen LogP contribution in [0, 0.1) is 5.41 Å². The van der Waals surface area contributed by atoms with Gasteiger partial charge in [-0.1, -0.05) is 0 Å². The van der Waals surface area contributed by atoms with Crippen LogP contribution in [0.15, 0.2) is 0 Å². The molecule has 0 aromatic rings. The third-order valence-corrected chi connectivity index (χ3v) is 7.28. The van der Waals surface area contributed by atoms with E-state index in [2.05, 4.69) is 35.5 Å². The van der Waals surface area contributed by atoms with Gasteiger partial charge in [0.1, 0.15) is 0 Å². The summed E-state index contributed by atoms with van der Waals surface area (Å²) in [6.45, 7) is 17.0. The van der Waals surface area contributed by atoms with Gasteiger partial charge in [-0.3, -0.25) is 4.90 Å². The predicted octanol–water partition coefficient (Wildman–Crippen LogP) is 2.44. The van der Waals surface area contributed by atoms with Gasteiger partial charge in [-0.25, -0.2) is 0 Å². The van der Waals surface area contributed by atoms with Crippen molar-refractivity contribution in [2.75, 3.05) is 52.4 Å². The molecule has 3 saturated heterocycles. The highest BCUT2D eigenvalue weighted by Gasteiger charge is 2.48. The summed E-state index contributed by atoms with van der Waals surface area (Å²) in [5, 5.41) is 0. The number of hydrogen-bond donors (Lipinski definition) is 0. The predicted molar refractivity (Wildman–Crippen MR) is 98.4 cm³/mol. The third kappa shape index (κ3) is 3.53. The summed E-state index contributed by atoms with van der Waals surface area (Å²) < 4.78 is 5.96. The Labute approximate surface area is 148 Å². The minimum atomic E-state index is 0.276. The van der Waals surface area contributed by atoms with Crippen LogP contribution < -0.4 is 0 Å². The zero-order valence-electron chi connectivity index (χ0n) is 16.1. The van der Waals surface area contributed by atoms with Crippen molar-refractivity contribution in [2.45, 2.75) is 70.6 Å². The fraction of sp³-hybridized carbons (Fsp3) is 1.00. The van der Waals surface area contributed by atoms with Gasteiger partial charge in [-0.15, -0.1) is 0 Å². The van der Waals surface area contributed by atoms with E-state index in [9.17, 15) is 0 Å². The maximum atomic E-state index is 5.96. The van der Waals surface area contributed by atoms with Crippen LogP contribution in [0.25, 0.3) is 0 Å². The van der Waals surface area contributed by atoms with Crippen LogP contribution in [0.2, 0.25) is 0 Å². The van der Waals surface area contributed by atoms with Gasteiger partial charge in [0.25, 0.3) is 0 Å². The van der Waals surface area contributed by atoms with Crippen molar-refractivity contribution in [1.82, 2.24) is 14.7 Å². The first kappa shape index (κ1) is 17.3. The van der Waals surface area contributed by atoms with E-state index in [0.29, 0.717) is 11.5 Å². The minimum absolute atomic E-state index is 0.276. The van der Waals surface area contributed by atoms with Gasteiger partial charge < -0.3 is 14.5 Å². The monoisotopic (exact) mass is 335 g/mol. The summed E-state index contributed by atoms with van der Waals surface area (Å²) in [5.41, 5.74) is 0.948. The fourth-order valence-electron chi connectivity index (χ4n) is 5.14. The first-order chi connectivity index (χ1) is 11.5. The number of rotatable bonds is 5. The lowest BCUT2D eigenvalue weighted by Crippen LogP contribution is -2.61. The molecule has 1 aliphatic carbocycles. The topological polar surface area (TPSA) is 19.0 Å². The molecule has 4 fully saturated rings. The van der Waals surface area contributed by atoms with Crippen LogP contribution in [0.1, 0.15) is 52.9 Å². The zero-order chi connectivity index (χ0) is 16.8. The number of likely N-dealkylation sites (tertiary alicyclic amines) is 2. The van der Waals surface area contributed by atoms with Crippen LogP contribution in [-0.2, 0) is 4.74 Å². The molecule has 3 aliphatic heterocycles. The highest BCUT2D eigenvalue weighted by Crippen LogP contribution is 2.43. The van der Waals surface area contributed by atoms with Crippen LogP contribution in [0.4, 0.5) is 0 Å². The van der Waals surface area contributed by atoms with Gasteiger partial charge in [0.2, 0.25) is 0 Å². The maximum absolute atomic E-state index is 5.96. The second kappa shape index (κ2) is 6.53. The lowest BCUT2D eigenvalue weighted by molar-refractivity contribution is -0.0693. The molecule has 0 N–H and O–H groups in total. The van der Waals surface area contributed by atoms with Gasteiger partial charge in [0.05, 0.1) is 12.2 Å². The van der Waals surface area contributed by atoms with Crippen molar-refractivity contribution < 1.29 is 4.74 Å². The molecule has 0 radical (unpaired) electrons. The Morgan fingerprint density at radius 2 is 1.58 bits per heavy atom. The summed E-state index contributed by atoms with van der Waals surface area (Å²) in [4.78, 5) is 8.06. The van der Waals surface area contributed by atoms with Gasteiger partial charge >= 0.3 is 0 Å². The molecule has 138 valence electrons. The fourth-order valence-corrected chi connectivity index (χ4v) is 5.14. The first-order valence-corrected chi connectivity index (χ1v) is 10.3. The Balaban J connectivity index is 1.16. The van der Waals surface area contributed by atoms with Gasteiger partial charge in [0, 0.05) is 38.3 Å². The summed E-state index contributed by atoms with van der Waals surface area (Å²) in [6.07, 6.45) is 6.74. The molecule has 0 aromatic carbocycles. The summed E-state index contributed by atoms with van der Waals surface area (Å²) in [7, 11) is 0. The molecule has 1 unspecified atom stereocenters. The molecule has 4 rings (SSSR count). The standard InChI is InChI=1S/C20H37N3O/c1-17(2)22-10-7-19(8-11-22)14-21(15-19)9-4-18(3)23-12-13-24-20(16-23)5-6-20/h17-18H,4-16H2,1-3H3. The van der Waals surface area contributed by atoms with E-state index in [1.165, 1.54) is 71.4 Å². The number of hydrogen-bond acceptors (Lipinski definition) is 4. The van der Waals surface area contributed by atoms with E-state index in [1.807, 2.05) is 0 Å². The van der Waals surface area contributed by atoms with Gasteiger partial charge in [-0.2, -0.15) is 0 Å². The van der Waals surface area contributed by atoms with Crippen LogP contribution in [0.3, 0.4) is 0 Å². The van der Waals surface area contributed by atoms with Crippen molar-refractivity contribution >= 4 is 0 Å². The Kier molecular flexibility index (Phi) is 4.70. The average molecular weight is 336 g/mol. The van der Waals surface area contributed by atoms with Crippen LogP contribution >= 0.6 is 0 Å². The van der Waals surface area contributed by atoms with Gasteiger partial charge in [-0.05, 0) is 77.9 Å². The molecule has 4 heteroatoms. The summed E-state index contributed by atoms with van der Waals surface area (Å²) >= 11 is 0. The summed E-state index contributed by atoms with van der Waals surface area (Å²) in [5.74, 6) is 0. The maximum Gasteiger partial charge on any atom is 0.0811 e. The Hall–Kier alpha value is -0.160. The quantitative estimate of drug-likeness (QED) is 0.768. The Morgan fingerprint density at radius 1 is 0.875 bits per heavy atom. The molecular weight excluding hydrogens is 298 g/mol. The molecule has 3 heterocycles. The zero-order valence-corrected chi connectivity index (χ0v) is 16.1. The Bertz CT molecular complexity index is 432. The molecule has 0 aromatic heterocycles. The molecule has 24 heavy (non-hydrogen) atoms. The van der Waals surface area contributed by atoms with Crippen molar-refractivity contribution in [3.05, 3.63) is 0 Å². The third-order valence-electron chi connectivity index (χ3n) is 7.28. The number of morpholine rings is 1. The lowest BCUT2D eigenvalue weighted by Gasteiger charge is -2.55. The molecule has 4 nitrogen and oxygen atoms in total. The SMILES string of the molecule is CC(C)N1CCC2(CC1)CN(CCC(C)N1CCOC3(CC3)C1)C2. The lowest BCUT2D eigenvalue weighted by atomic mass is 9.71. The van der Waals surface area contributed by atoms with E-state index >= 15 is 0 Å². The number of nitrogens with zero attached hydrogens (tertiary/aromatic N) is 3. The molecule has 4 aliphatic rings. The van der Waals surface area contributed by atoms with E-state index in [4.69, 9.17) is 4.74 Å². The summed E-state index contributed by atoms with van der Waals surface area (Å²) in [6, 6.07) is 1.44. The van der Waals surface area contributed by atoms with Crippen LogP contribution in [-0.4, -0.2) is 84.8 Å². The smallest absolute Gasteiger partial charge is 0.0811 e.